The van der Waals surface area contributed by atoms with E-state index >= 15 is 0 Å². The van der Waals surface area contributed by atoms with Gasteiger partial charge in [0.05, 0.1) is 34.1 Å². The molecule has 0 saturated carbocycles. The molecule has 12 heteroatoms. The highest BCUT2D eigenvalue weighted by Gasteiger charge is 2.26. The highest BCUT2D eigenvalue weighted by Crippen LogP contribution is 2.30. The number of nitrogens with zero attached hydrogens (tertiary/aromatic N) is 2. The molecule has 0 saturated heterocycles. The molecule has 198 valence electrons. The second-order valence-corrected chi connectivity index (χ2v) is 11.2. The molecule has 36 heavy (non-hydrogen) atoms. The summed E-state index contributed by atoms with van der Waals surface area (Å²) in [5, 5.41) is 3.72. The lowest BCUT2D eigenvalue weighted by atomic mass is 10.1. The lowest BCUT2D eigenvalue weighted by Gasteiger charge is -2.29. The Bertz CT molecular complexity index is 1190. The predicted octanol–water partition coefficient (Wildman–Crippen LogP) is 4.76. The molecule has 1 atom stereocenters. The van der Waals surface area contributed by atoms with Gasteiger partial charge in [-0.2, -0.15) is 0 Å². The number of methoxy groups -OCH3 is 1. The third kappa shape index (κ3) is 8.16. The Kier molecular flexibility index (Phi) is 11.2. The highest BCUT2D eigenvalue weighted by molar-refractivity contribution is 7.92. The number of sulfonamides is 1. The number of carbonyl (C=O) groups is 2. The number of nitrogens with one attached hydrogen (secondary N) is 1. The van der Waals surface area contributed by atoms with Crippen molar-refractivity contribution < 1.29 is 22.7 Å². The van der Waals surface area contributed by atoms with Gasteiger partial charge in [0.2, 0.25) is 21.8 Å². The number of rotatable bonds is 12. The van der Waals surface area contributed by atoms with E-state index in [1.807, 2.05) is 0 Å². The van der Waals surface area contributed by atoms with Gasteiger partial charge in [-0.05, 0) is 56.2 Å². The number of likely N-dealkylation sites (N-methyl/N-ethyl adjacent to an activating group) is 1. The maximum absolute atomic E-state index is 13.2. The Morgan fingerprint density at radius 2 is 1.75 bits per heavy atom. The molecule has 0 aliphatic rings. The van der Waals surface area contributed by atoms with Gasteiger partial charge in [0.15, 0.2) is 0 Å². The summed E-state index contributed by atoms with van der Waals surface area (Å²) in [5.74, 6) is -0.182. The fourth-order valence-electron chi connectivity index (χ4n) is 3.55. The summed E-state index contributed by atoms with van der Waals surface area (Å²) in [7, 11) is -2.18. The standard InChI is InChI=1S/C24H30Cl3N3O5S/c1-5-28-24(32)16(2)29(15-17-8-10-19(25)20(26)13-17)23(31)7-6-12-30(36(4,33)34)18-9-11-22(35-3)21(27)14-18/h8-11,13-14,16H,5-7,12,15H2,1-4H3,(H,28,32)/t16-/m1/s1. The monoisotopic (exact) mass is 577 g/mol. The van der Waals surface area contributed by atoms with E-state index in [0.29, 0.717) is 33.6 Å². The van der Waals surface area contributed by atoms with Crippen molar-refractivity contribution in [3.63, 3.8) is 0 Å². The summed E-state index contributed by atoms with van der Waals surface area (Å²) < 4.78 is 31.2. The first-order chi connectivity index (χ1) is 16.9. The molecule has 0 fully saturated rings. The molecular weight excluding hydrogens is 549 g/mol. The Morgan fingerprint density at radius 1 is 1.06 bits per heavy atom. The van der Waals surface area contributed by atoms with Gasteiger partial charge in [-0.3, -0.25) is 13.9 Å². The van der Waals surface area contributed by atoms with E-state index in [2.05, 4.69) is 5.32 Å². The molecule has 0 heterocycles. The second kappa shape index (κ2) is 13.4. The first-order valence-corrected chi connectivity index (χ1v) is 14.2. The number of ether oxygens (including phenoxy) is 1. The van der Waals surface area contributed by atoms with Crippen LogP contribution in [-0.4, -0.2) is 57.6 Å². The van der Waals surface area contributed by atoms with Crippen molar-refractivity contribution >= 4 is 62.3 Å². The van der Waals surface area contributed by atoms with Crippen LogP contribution >= 0.6 is 34.8 Å². The van der Waals surface area contributed by atoms with Crippen LogP contribution in [0.5, 0.6) is 5.75 Å². The molecule has 0 spiro atoms. The number of halogens is 3. The SMILES string of the molecule is CCNC(=O)[C@@H](C)N(Cc1ccc(Cl)c(Cl)c1)C(=O)CCCN(c1ccc(OC)c(Cl)c1)S(C)(=O)=O. The van der Waals surface area contributed by atoms with Crippen LogP contribution in [0.3, 0.4) is 0 Å². The Hall–Kier alpha value is -2.20. The Morgan fingerprint density at radius 3 is 2.31 bits per heavy atom. The summed E-state index contributed by atoms with van der Waals surface area (Å²) in [5.41, 5.74) is 1.07. The van der Waals surface area contributed by atoms with Crippen molar-refractivity contribution in [2.24, 2.45) is 0 Å². The van der Waals surface area contributed by atoms with Crippen LogP contribution in [0.25, 0.3) is 0 Å². The zero-order valence-electron chi connectivity index (χ0n) is 20.6. The van der Waals surface area contributed by atoms with E-state index in [9.17, 15) is 18.0 Å². The minimum Gasteiger partial charge on any atom is -0.495 e. The van der Waals surface area contributed by atoms with Crippen LogP contribution in [0.2, 0.25) is 15.1 Å². The maximum atomic E-state index is 13.2. The van der Waals surface area contributed by atoms with Gasteiger partial charge in [0.1, 0.15) is 11.8 Å². The minimum absolute atomic E-state index is 0.0149. The maximum Gasteiger partial charge on any atom is 0.242 e. The Labute approximate surface area is 227 Å². The summed E-state index contributed by atoms with van der Waals surface area (Å²) in [4.78, 5) is 27.2. The molecule has 0 aromatic heterocycles. The van der Waals surface area contributed by atoms with Crippen molar-refractivity contribution in [2.75, 3.05) is 30.8 Å². The molecule has 8 nitrogen and oxygen atoms in total. The molecule has 0 unspecified atom stereocenters. The molecule has 2 amide bonds. The van der Waals surface area contributed by atoms with Crippen LogP contribution in [0, 0.1) is 0 Å². The molecule has 1 N–H and O–H groups in total. The fraction of sp³-hybridized carbons (Fsp3) is 0.417. The number of hydrogen-bond acceptors (Lipinski definition) is 5. The van der Waals surface area contributed by atoms with Gasteiger partial charge in [0, 0.05) is 26.1 Å². The number of carbonyl (C=O) groups excluding carboxylic acids is 2. The van der Waals surface area contributed by atoms with Crippen molar-refractivity contribution in [1.82, 2.24) is 10.2 Å². The van der Waals surface area contributed by atoms with Gasteiger partial charge in [-0.15, -0.1) is 0 Å². The first kappa shape index (κ1) is 30.0. The lowest BCUT2D eigenvalue weighted by Crippen LogP contribution is -2.47. The van der Waals surface area contributed by atoms with Gasteiger partial charge >= 0.3 is 0 Å². The van der Waals surface area contributed by atoms with E-state index in [1.165, 1.54) is 22.4 Å². The topological polar surface area (TPSA) is 96.0 Å². The molecule has 0 bridgehead atoms. The van der Waals surface area contributed by atoms with Crippen LogP contribution in [0.15, 0.2) is 36.4 Å². The minimum atomic E-state index is -3.65. The zero-order chi connectivity index (χ0) is 27.0. The molecule has 0 aliphatic carbocycles. The first-order valence-electron chi connectivity index (χ1n) is 11.2. The van der Waals surface area contributed by atoms with Crippen LogP contribution in [0.1, 0.15) is 32.3 Å². The molecule has 2 aromatic carbocycles. The van der Waals surface area contributed by atoms with Gasteiger partial charge < -0.3 is 15.0 Å². The third-order valence-corrected chi connectivity index (χ3v) is 7.66. The highest BCUT2D eigenvalue weighted by atomic mass is 35.5. The summed E-state index contributed by atoms with van der Waals surface area (Å²) in [6.07, 6.45) is 1.32. The zero-order valence-corrected chi connectivity index (χ0v) is 23.6. The van der Waals surface area contributed by atoms with Crippen LogP contribution in [0.4, 0.5) is 5.69 Å². The van der Waals surface area contributed by atoms with Gasteiger partial charge in [-0.25, -0.2) is 8.42 Å². The van der Waals surface area contributed by atoms with Crippen LogP contribution in [-0.2, 0) is 26.2 Å². The summed E-state index contributed by atoms with van der Waals surface area (Å²) >= 11 is 18.3. The number of hydrogen-bond donors (Lipinski definition) is 1. The average Bonchev–Trinajstić information content (AvgIpc) is 2.81. The van der Waals surface area contributed by atoms with Gasteiger partial charge in [0.25, 0.3) is 0 Å². The third-order valence-electron chi connectivity index (χ3n) is 5.43. The van der Waals surface area contributed by atoms with Crippen molar-refractivity contribution in [1.29, 1.82) is 0 Å². The van der Waals surface area contributed by atoms with E-state index in [-0.39, 0.29) is 42.8 Å². The van der Waals surface area contributed by atoms with Gasteiger partial charge in [-0.1, -0.05) is 40.9 Å². The van der Waals surface area contributed by atoms with E-state index < -0.39 is 16.1 Å². The van der Waals surface area contributed by atoms with Crippen molar-refractivity contribution in [3.05, 3.63) is 57.0 Å². The largest absolute Gasteiger partial charge is 0.495 e. The summed E-state index contributed by atoms with van der Waals surface area (Å²) in [6.45, 7) is 4.04. The second-order valence-electron chi connectivity index (χ2n) is 8.10. The fourth-order valence-corrected chi connectivity index (χ4v) is 5.08. The Balaban J connectivity index is 2.20. The molecule has 0 radical (unpaired) electrons. The smallest absolute Gasteiger partial charge is 0.242 e. The molecule has 2 rings (SSSR count). The lowest BCUT2D eigenvalue weighted by molar-refractivity contribution is -0.140. The quantitative estimate of drug-likeness (QED) is 0.392. The average molecular weight is 579 g/mol. The predicted molar refractivity (Wildman–Crippen MR) is 145 cm³/mol. The normalized spacial score (nSPS) is 12.1. The van der Waals surface area contributed by atoms with E-state index in [1.54, 1.807) is 44.2 Å². The van der Waals surface area contributed by atoms with Crippen molar-refractivity contribution in [3.8, 4) is 5.75 Å². The van der Waals surface area contributed by atoms with Crippen molar-refractivity contribution in [2.45, 2.75) is 39.3 Å². The van der Waals surface area contributed by atoms with E-state index in [0.717, 1.165) is 6.26 Å². The molecular formula is C24H30Cl3N3O5S. The van der Waals surface area contributed by atoms with E-state index in [4.69, 9.17) is 39.5 Å². The van der Waals surface area contributed by atoms with Crippen LogP contribution < -0.4 is 14.4 Å². The number of amides is 2. The number of anilines is 1. The molecule has 2 aromatic rings. The summed E-state index contributed by atoms with van der Waals surface area (Å²) in [6, 6.07) is 8.92. The molecule has 0 aliphatic heterocycles. The number of benzene rings is 2.